The van der Waals surface area contributed by atoms with E-state index in [1.54, 1.807) is 0 Å². The molecular weight excluding hydrogens is 340 g/mol. The Morgan fingerprint density at radius 3 is 2.57 bits per heavy atom. The standard InChI is InChI=1S/C27H42O/c1-6-18(2)7-8-19(3)23-11-12-24-22-10-9-20-17-21(28)13-15-26(20,4)25(22)14-16-27(23,24)5/h7-8,17-19,22-25H,6,9-16H2,1-5H3/b8-7+/t18-,19-,22+,23-,24+,25+,26+,27-/m1/s1. The summed E-state index contributed by atoms with van der Waals surface area (Å²) in [6, 6.07) is 0. The first-order chi connectivity index (χ1) is 13.3. The molecular formula is C27H42O. The lowest BCUT2D eigenvalue weighted by molar-refractivity contribution is -0.117. The van der Waals surface area contributed by atoms with Crippen LogP contribution in [0, 0.1) is 46.3 Å². The van der Waals surface area contributed by atoms with E-state index in [0.29, 0.717) is 28.4 Å². The predicted octanol–water partition coefficient (Wildman–Crippen LogP) is 7.37. The SMILES string of the molecule is CC[C@@H](C)/C=C/[C@@H](C)[C@H]1CC[C@H]2[C@@H]3CCC4=CC(=O)CC[C@]4(C)[C@H]3CC[C@]12C. The lowest BCUT2D eigenvalue weighted by Gasteiger charge is -2.58. The largest absolute Gasteiger partial charge is 0.295 e. The summed E-state index contributed by atoms with van der Waals surface area (Å²) in [6.07, 6.45) is 18.4. The highest BCUT2D eigenvalue weighted by Crippen LogP contribution is 2.67. The van der Waals surface area contributed by atoms with E-state index in [0.717, 1.165) is 36.5 Å². The van der Waals surface area contributed by atoms with Crippen molar-refractivity contribution >= 4 is 5.78 Å². The van der Waals surface area contributed by atoms with Crippen molar-refractivity contribution in [2.24, 2.45) is 46.3 Å². The Balaban J connectivity index is 1.55. The Morgan fingerprint density at radius 1 is 1.04 bits per heavy atom. The molecule has 156 valence electrons. The molecule has 1 nitrogen and oxygen atoms in total. The van der Waals surface area contributed by atoms with E-state index in [-0.39, 0.29) is 0 Å². The summed E-state index contributed by atoms with van der Waals surface area (Å²) in [6.45, 7) is 12.3. The van der Waals surface area contributed by atoms with Gasteiger partial charge in [0.15, 0.2) is 5.78 Å². The molecule has 0 unspecified atom stereocenters. The summed E-state index contributed by atoms with van der Waals surface area (Å²) in [5.74, 6) is 5.29. The fourth-order valence-electron chi connectivity index (χ4n) is 8.10. The monoisotopic (exact) mass is 382 g/mol. The molecule has 3 fully saturated rings. The Labute approximate surface area is 173 Å². The van der Waals surface area contributed by atoms with Crippen LogP contribution in [0.1, 0.15) is 92.4 Å². The van der Waals surface area contributed by atoms with E-state index in [1.165, 1.54) is 50.5 Å². The average Bonchev–Trinajstić information content (AvgIpc) is 3.03. The second-order valence-electron chi connectivity index (χ2n) is 11.3. The molecule has 0 bridgehead atoms. The van der Waals surface area contributed by atoms with Gasteiger partial charge in [-0.3, -0.25) is 4.79 Å². The van der Waals surface area contributed by atoms with Gasteiger partial charge in [0.1, 0.15) is 0 Å². The van der Waals surface area contributed by atoms with Gasteiger partial charge in [-0.1, -0.05) is 58.8 Å². The first-order valence-corrected chi connectivity index (χ1v) is 12.2. The lowest BCUT2D eigenvalue weighted by atomic mass is 9.46. The third-order valence-electron chi connectivity index (χ3n) is 10.1. The summed E-state index contributed by atoms with van der Waals surface area (Å²) >= 11 is 0. The van der Waals surface area contributed by atoms with Crippen molar-refractivity contribution < 1.29 is 4.79 Å². The maximum Gasteiger partial charge on any atom is 0.155 e. The van der Waals surface area contributed by atoms with Crippen molar-refractivity contribution in [2.75, 3.05) is 0 Å². The maximum atomic E-state index is 12.0. The molecule has 0 heterocycles. The predicted molar refractivity (Wildman–Crippen MR) is 118 cm³/mol. The molecule has 0 saturated heterocycles. The third kappa shape index (κ3) is 3.16. The van der Waals surface area contributed by atoms with E-state index in [1.807, 2.05) is 6.08 Å². The Morgan fingerprint density at radius 2 is 1.82 bits per heavy atom. The van der Waals surface area contributed by atoms with E-state index >= 15 is 0 Å². The molecule has 0 N–H and O–H groups in total. The summed E-state index contributed by atoms with van der Waals surface area (Å²) in [5, 5.41) is 0. The number of ketones is 1. The zero-order valence-electron chi connectivity index (χ0n) is 19.0. The number of carbonyl (C=O) groups is 1. The van der Waals surface area contributed by atoms with Crippen LogP contribution in [0.15, 0.2) is 23.8 Å². The quantitative estimate of drug-likeness (QED) is 0.464. The van der Waals surface area contributed by atoms with Crippen LogP contribution in [0.3, 0.4) is 0 Å². The van der Waals surface area contributed by atoms with Gasteiger partial charge in [-0.2, -0.15) is 0 Å². The minimum atomic E-state index is 0.318. The van der Waals surface area contributed by atoms with Crippen molar-refractivity contribution in [1.82, 2.24) is 0 Å². The van der Waals surface area contributed by atoms with Gasteiger partial charge in [0.25, 0.3) is 0 Å². The maximum absolute atomic E-state index is 12.0. The molecule has 0 aliphatic heterocycles. The molecule has 1 heteroatoms. The summed E-state index contributed by atoms with van der Waals surface area (Å²) in [4.78, 5) is 12.0. The summed E-state index contributed by atoms with van der Waals surface area (Å²) in [7, 11) is 0. The van der Waals surface area contributed by atoms with Crippen molar-refractivity contribution in [3.05, 3.63) is 23.8 Å². The highest BCUT2D eigenvalue weighted by atomic mass is 16.1. The Hall–Kier alpha value is -0.850. The number of hydrogen-bond donors (Lipinski definition) is 0. The highest BCUT2D eigenvalue weighted by molar-refractivity contribution is 5.91. The first-order valence-electron chi connectivity index (χ1n) is 12.2. The molecule has 28 heavy (non-hydrogen) atoms. The van der Waals surface area contributed by atoms with Crippen LogP contribution in [0.25, 0.3) is 0 Å². The van der Waals surface area contributed by atoms with Gasteiger partial charge >= 0.3 is 0 Å². The molecule has 3 saturated carbocycles. The minimum Gasteiger partial charge on any atom is -0.295 e. The lowest BCUT2D eigenvalue weighted by Crippen LogP contribution is -2.50. The summed E-state index contributed by atoms with van der Waals surface area (Å²) in [5.41, 5.74) is 2.36. The van der Waals surface area contributed by atoms with Crippen LogP contribution in [0.2, 0.25) is 0 Å². The molecule has 0 aromatic rings. The molecule has 4 rings (SSSR count). The Bertz CT molecular complexity index is 672. The van der Waals surface area contributed by atoms with E-state index in [2.05, 4.69) is 46.8 Å². The van der Waals surface area contributed by atoms with Crippen LogP contribution >= 0.6 is 0 Å². The van der Waals surface area contributed by atoms with Crippen molar-refractivity contribution in [3.63, 3.8) is 0 Å². The second kappa shape index (κ2) is 7.44. The topological polar surface area (TPSA) is 17.1 Å². The highest BCUT2D eigenvalue weighted by Gasteiger charge is 2.59. The van der Waals surface area contributed by atoms with Gasteiger partial charge in [0.05, 0.1) is 0 Å². The van der Waals surface area contributed by atoms with Gasteiger partial charge < -0.3 is 0 Å². The molecule has 0 aromatic carbocycles. The van der Waals surface area contributed by atoms with Crippen LogP contribution in [-0.4, -0.2) is 5.78 Å². The number of fused-ring (bicyclic) bond motifs is 5. The second-order valence-corrected chi connectivity index (χ2v) is 11.3. The molecule has 0 spiro atoms. The van der Waals surface area contributed by atoms with Crippen molar-refractivity contribution in [2.45, 2.75) is 92.4 Å². The zero-order chi connectivity index (χ0) is 20.1. The molecule has 0 radical (unpaired) electrons. The fourth-order valence-corrected chi connectivity index (χ4v) is 8.10. The summed E-state index contributed by atoms with van der Waals surface area (Å²) < 4.78 is 0. The number of hydrogen-bond acceptors (Lipinski definition) is 1. The fraction of sp³-hybridized carbons (Fsp3) is 0.815. The van der Waals surface area contributed by atoms with Gasteiger partial charge in [-0.25, -0.2) is 0 Å². The van der Waals surface area contributed by atoms with E-state index in [4.69, 9.17) is 0 Å². The van der Waals surface area contributed by atoms with Crippen molar-refractivity contribution in [1.29, 1.82) is 0 Å². The third-order valence-corrected chi connectivity index (χ3v) is 10.1. The molecule has 4 aliphatic carbocycles. The van der Waals surface area contributed by atoms with Crippen molar-refractivity contribution in [3.8, 4) is 0 Å². The van der Waals surface area contributed by atoms with Crippen LogP contribution in [0.4, 0.5) is 0 Å². The van der Waals surface area contributed by atoms with Crippen LogP contribution in [0.5, 0.6) is 0 Å². The average molecular weight is 383 g/mol. The van der Waals surface area contributed by atoms with Gasteiger partial charge in [-0.15, -0.1) is 0 Å². The number of carbonyl (C=O) groups excluding carboxylic acids is 1. The van der Waals surface area contributed by atoms with Crippen LogP contribution < -0.4 is 0 Å². The normalized spacial score (nSPS) is 45.2. The number of rotatable bonds is 4. The number of allylic oxidation sites excluding steroid dienone is 3. The van der Waals surface area contributed by atoms with E-state index < -0.39 is 0 Å². The van der Waals surface area contributed by atoms with Gasteiger partial charge in [0.2, 0.25) is 0 Å². The Kier molecular flexibility index (Phi) is 5.43. The molecule has 4 aliphatic rings. The molecule has 0 aromatic heterocycles. The molecule has 0 amide bonds. The smallest absolute Gasteiger partial charge is 0.155 e. The van der Waals surface area contributed by atoms with Gasteiger partial charge in [-0.05, 0) is 97.4 Å². The molecule has 8 atom stereocenters. The van der Waals surface area contributed by atoms with Crippen LogP contribution in [-0.2, 0) is 4.79 Å². The van der Waals surface area contributed by atoms with E-state index in [9.17, 15) is 4.79 Å². The van der Waals surface area contributed by atoms with Gasteiger partial charge in [0, 0.05) is 6.42 Å². The first kappa shape index (κ1) is 20.4. The zero-order valence-corrected chi connectivity index (χ0v) is 19.0. The minimum absolute atomic E-state index is 0.318.